The summed E-state index contributed by atoms with van der Waals surface area (Å²) in [7, 11) is 0. The summed E-state index contributed by atoms with van der Waals surface area (Å²) in [5, 5.41) is 12.1. The van der Waals surface area contributed by atoms with Crippen molar-refractivity contribution in [3.63, 3.8) is 0 Å². The molecule has 0 bridgehead atoms. The number of halogens is 1. The SMILES string of the molecule is N#CCCCOc1cccc(CNC2CCSc3ccc(F)cc32)c1. The van der Waals surface area contributed by atoms with E-state index in [0.29, 0.717) is 19.6 Å². The summed E-state index contributed by atoms with van der Waals surface area (Å²) >= 11 is 1.79. The van der Waals surface area contributed by atoms with Gasteiger partial charge in [-0.15, -0.1) is 11.8 Å². The van der Waals surface area contributed by atoms with Crippen molar-refractivity contribution in [2.24, 2.45) is 0 Å². The van der Waals surface area contributed by atoms with E-state index in [9.17, 15) is 4.39 Å². The van der Waals surface area contributed by atoms with Gasteiger partial charge in [-0.3, -0.25) is 0 Å². The molecule has 3 nitrogen and oxygen atoms in total. The van der Waals surface area contributed by atoms with Crippen LogP contribution >= 0.6 is 11.8 Å². The molecular formula is C20H21FN2OS. The largest absolute Gasteiger partial charge is 0.494 e. The lowest BCUT2D eigenvalue weighted by atomic mass is 10.0. The molecule has 1 heterocycles. The lowest BCUT2D eigenvalue weighted by Crippen LogP contribution is -2.24. The number of benzene rings is 2. The summed E-state index contributed by atoms with van der Waals surface area (Å²) in [4.78, 5) is 1.17. The number of nitriles is 1. The van der Waals surface area contributed by atoms with Gasteiger partial charge in [0, 0.05) is 23.9 Å². The Kier molecular flexibility index (Phi) is 6.32. The van der Waals surface area contributed by atoms with E-state index in [0.717, 1.165) is 35.5 Å². The highest BCUT2D eigenvalue weighted by Gasteiger charge is 2.20. The first-order valence-electron chi connectivity index (χ1n) is 8.50. The maximum Gasteiger partial charge on any atom is 0.123 e. The highest BCUT2D eigenvalue weighted by atomic mass is 32.2. The second-order valence-corrected chi connectivity index (χ2v) is 7.15. The van der Waals surface area contributed by atoms with E-state index < -0.39 is 0 Å². The number of hydrogen-bond donors (Lipinski definition) is 1. The third kappa shape index (κ3) is 4.97. The first-order valence-corrected chi connectivity index (χ1v) is 9.49. The van der Waals surface area contributed by atoms with Gasteiger partial charge >= 0.3 is 0 Å². The van der Waals surface area contributed by atoms with Gasteiger partial charge in [-0.25, -0.2) is 4.39 Å². The number of rotatable bonds is 7. The van der Waals surface area contributed by atoms with E-state index in [4.69, 9.17) is 10.00 Å². The van der Waals surface area contributed by atoms with E-state index in [1.165, 1.54) is 11.0 Å². The Bertz CT molecular complexity index is 760. The Morgan fingerprint density at radius 2 is 2.20 bits per heavy atom. The van der Waals surface area contributed by atoms with E-state index in [-0.39, 0.29) is 11.9 Å². The van der Waals surface area contributed by atoms with Crippen molar-refractivity contribution in [1.82, 2.24) is 5.32 Å². The van der Waals surface area contributed by atoms with Crippen molar-refractivity contribution < 1.29 is 9.13 Å². The molecule has 0 aromatic heterocycles. The minimum atomic E-state index is -0.180. The quantitative estimate of drug-likeness (QED) is 0.722. The van der Waals surface area contributed by atoms with Crippen LogP contribution < -0.4 is 10.1 Å². The van der Waals surface area contributed by atoms with Crippen LogP contribution in [0.3, 0.4) is 0 Å². The van der Waals surface area contributed by atoms with Gasteiger partial charge in [0.15, 0.2) is 0 Å². The minimum Gasteiger partial charge on any atom is -0.494 e. The highest BCUT2D eigenvalue weighted by molar-refractivity contribution is 7.99. The monoisotopic (exact) mass is 356 g/mol. The first kappa shape index (κ1) is 17.8. The summed E-state index contributed by atoms with van der Waals surface area (Å²) in [5.41, 5.74) is 2.19. The van der Waals surface area contributed by atoms with E-state index in [1.54, 1.807) is 17.8 Å². The first-order chi connectivity index (χ1) is 12.3. The Morgan fingerprint density at radius 3 is 3.08 bits per heavy atom. The molecule has 0 amide bonds. The number of hydrogen-bond acceptors (Lipinski definition) is 4. The molecule has 0 fully saturated rings. The van der Waals surface area contributed by atoms with Crippen LogP contribution in [0.4, 0.5) is 4.39 Å². The number of unbranched alkanes of at least 4 members (excludes halogenated alkanes) is 1. The summed E-state index contributed by atoms with van der Waals surface area (Å²) in [5.74, 6) is 1.68. The fraction of sp³-hybridized carbons (Fsp3) is 0.350. The van der Waals surface area contributed by atoms with Gasteiger partial charge in [0.1, 0.15) is 11.6 Å². The van der Waals surface area contributed by atoms with Crippen LogP contribution in [0.25, 0.3) is 0 Å². The number of nitrogens with one attached hydrogen (secondary N) is 1. The van der Waals surface area contributed by atoms with Crippen LogP contribution in [0.5, 0.6) is 5.75 Å². The zero-order chi connectivity index (χ0) is 17.5. The van der Waals surface area contributed by atoms with Crippen LogP contribution in [0, 0.1) is 17.1 Å². The van der Waals surface area contributed by atoms with Gasteiger partial charge in [-0.2, -0.15) is 5.26 Å². The molecular weight excluding hydrogens is 335 g/mol. The number of nitrogens with zero attached hydrogens (tertiary/aromatic N) is 1. The molecule has 0 spiro atoms. The zero-order valence-electron chi connectivity index (χ0n) is 14.0. The second-order valence-electron chi connectivity index (χ2n) is 6.01. The predicted octanol–water partition coefficient (Wildman–Crippen LogP) is 4.83. The molecule has 2 aromatic carbocycles. The van der Waals surface area contributed by atoms with Gasteiger partial charge in [-0.05, 0) is 60.1 Å². The number of ether oxygens (including phenoxy) is 1. The smallest absolute Gasteiger partial charge is 0.123 e. The van der Waals surface area contributed by atoms with Crippen molar-refractivity contribution in [1.29, 1.82) is 5.26 Å². The maximum absolute atomic E-state index is 13.6. The molecule has 0 radical (unpaired) electrons. The Hall–Kier alpha value is -2.03. The van der Waals surface area contributed by atoms with Gasteiger partial charge in [0.05, 0.1) is 12.7 Å². The van der Waals surface area contributed by atoms with Crippen molar-refractivity contribution >= 4 is 11.8 Å². The molecule has 1 atom stereocenters. The summed E-state index contributed by atoms with van der Waals surface area (Å²) in [6.07, 6.45) is 2.24. The highest BCUT2D eigenvalue weighted by Crippen LogP contribution is 2.36. The van der Waals surface area contributed by atoms with Gasteiger partial charge in [-0.1, -0.05) is 12.1 Å². The third-order valence-electron chi connectivity index (χ3n) is 4.16. The molecule has 0 saturated carbocycles. The normalized spacial score (nSPS) is 16.1. The molecule has 1 aliphatic heterocycles. The topological polar surface area (TPSA) is 45.0 Å². The standard InChI is InChI=1S/C20H21FN2OS/c21-16-6-7-20-18(13-16)19(8-11-25-20)23-14-15-4-3-5-17(12-15)24-10-2-1-9-22/h3-7,12-13,19,23H,1-2,8,10-11,14H2. The Labute approximate surface area is 152 Å². The molecule has 0 saturated heterocycles. The molecule has 1 aliphatic rings. The lowest BCUT2D eigenvalue weighted by molar-refractivity contribution is 0.312. The molecule has 2 aromatic rings. The van der Waals surface area contributed by atoms with Crippen molar-refractivity contribution in [3.8, 4) is 11.8 Å². The third-order valence-corrected chi connectivity index (χ3v) is 5.29. The minimum absolute atomic E-state index is 0.173. The van der Waals surface area contributed by atoms with E-state index >= 15 is 0 Å². The molecule has 130 valence electrons. The summed E-state index contributed by atoms with van der Waals surface area (Å²) < 4.78 is 19.3. The fourth-order valence-electron chi connectivity index (χ4n) is 2.90. The van der Waals surface area contributed by atoms with Crippen LogP contribution in [-0.4, -0.2) is 12.4 Å². The summed E-state index contributed by atoms with van der Waals surface area (Å²) in [6, 6.07) is 15.3. The molecule has 25 heavy (non-hydrogen) atoms. The number of thioether (sulfide) groups is 1. The van der Waals surface area contributed by atoms with Crippen molar-refractivity contribution in [2.75, 3.05) is 12.4 Å². The van der Waals surface area contributed by atoms with E-state index in [1.807, 2.05) is 24.3 Å². The molecule has 1 N–H and O–H groups in total. The van der Waals surface area contributed by atoms with Crippen LogP contribution in [0.1, 0.15) is 36.4 Å². The van der Waals surface area contributed by atoms with E-state index in [2.05, 4.69) is 17.5 Å². The maximum atomic E-state index is 13.6. The van der Waals surface area contributed by atoms with Crippen LogP contribution in [0.2, 0.25) is 0 Å². The van der Waals surface area contributed by atoms with Gasteiger partial charge < -0.3 is 10.1 Å². The predicted molar refractivity (Wildman–Crippen MR) is 98.1 cm³/mol. The van der Waals surface area contributed by atoms with Gasteiger partial charge in [0.2, 0.25) is 0 Å². The van der Waals surface area contributed by atoms with Crippen LogP contribution in [0.15, 0.2) is 47.4 Å². The average molecular weight is 356 g/mol. The molecule has 5 heteroatoms. The lowest BCUT2D eigenvalue weighted by Gasteiger charge is -2.26. The van der Waals surface area contributed by atoms with Crippen molar-refractivity contribution in [2.45, 2.75) is 36.7 Å². The Balaban J connectivity index is 1.59. The number of fused-ring (bicyclic) bond motifs is 1. The van der Waals surface area contributed by atoms with Crippen LogP contribution in [-0.2, 0) is 6.54 Å². The van der Waals surface area contributed by atoms with Gasteiger partial charge in [0.25, 0.3) is 0 Å². The summed E-state index contributed by atoms with van der Waals surface area (Å²) in [6.45, 7) is 1.26. The molecule has 1 unspecified atom stereocenters. The fourth-order valence-corrected chi connectivity index (χ4v) is 4.01. The average Bonchev–Trinajstić information content (AvgIpc) is 2.64. The molecule has 0 aliphatic carbocycles. The zero-order valence-corrected chi connectivity index (χ0v) is 14.8. The molecule has 3 rings (SSSR count). The second kappa shape index (κ2) is 8.89. The Morgan fingerprint density at radius 1 is 1.28 bits per heavy atom. The van der Waals surface area contributed by atoms with Crippen molar-refractivity contribution in [3.05, 3.63) is 59.4 Å².